The number of carbonyl (C=O) groups excluding carboxylic acids is 2. The lowest BCUT2D eigenvalue weighted by Crippen LogP contribution is -2.29. The summed E-state index contributed by atoms with van der Waals surface area (Å²) in [6.45, 7) is 10.9. The van der Waals surface area contributed by atoms with E-state index in [4.69, 9.17) is 5.73 Å². The van der Waals surface area contributed by atoms with E-state index in [1.54, 1.807) is 11.3 Å². The standard InChI is InChI=1S/C19H30N2O2S/c1-6-19(4,5)12-7-8-13-14(10-12)24-18(16(13)17(20)23)21-15(22)9-11(2)3/h11-12H,6-10H2,1-5H3,(H2,20,23)(H,21,22). The Morgan fingerprint density at radius 3 is 2.58 bits per heavy atom. The number of fused-ring (bicyclic) bond motifs is 1. The first-order chi connectivity index (χ1) is 11.2. The van der Waals surface area contributed by atoms with E-state index in [9.17, 15) is 9.59 Å². The van der Waals surface area contributed by atoms with Crippen LogP contribution in [0.25, 0.3) is 0 Å². The van der Waals surface area contributed by atoms with E-state index in [0.717, 1.165) is 31.2 Å². The molecule has 0 spiro atoms. The van der Waals surface area contributed by atoms with Gasteiger partial charge in [0.2, 0.25) is 5.91 Å². The average Bonchev–Trinajstić information content (AvgIpc) is 2.82. The minimum absolute atomic E-state index is 0.0449. The number of nitrogens with two attached hydrogens (primary N) is 1. The second-order valence-electron chi connectivity index (χ2n) is 8.00. The fourth-order valence-electron chi connectivity index (χ4n) is 3.44. The topological polar surface area (TPSA) is 72.2 Å². The molecule has 1 unspecified atom stereocenters. The van der Waals surface area contributed by atoms with Crippen molar-refractivity contribution in [3.63, 3.8) is 0 Å². The highest BCUT2D eigenvalue weighted by atomic mass is 32.1. The minimum Gasteiger partial charge on any atom is -0.365 e. The van der Waals surface area contributed by atoms with Crippen molar-refractivity contribution in [3.05, 3.63) is 16.0 Å². The van der Waals surface area contributed by atoms with Crippen LogP contribution in [0.5, 0.6) is 0 Å². The number of hydrogen-bond donors (Lipinski definition) is 2. The third kappa shape index (κ3) is 4.00. The van der Waals surface area contributed by atoms with Gasteiger partial charge in [0.15, 0.2) is 0 Å². The van der Waals surface area contributed by atoms with Crippen molar-refractivity contribution in [2.45, 2.75) is 66.7 Å². The van der Waals surface area contributed by atoms with Gasteiger partial charge >= 0.3 is 0 Å². The molecule has 4 nitrogen and oxygen atoms in total. The molecule has 134 valence electrons. The quantitative estimate of drug-likeness (QED) is 0.799. The lowest BCUT2D eigenvalue weighted by molar-refractivity contribution is -0.116. The van der Waals surface area contributed by atoms with Crippen LogP contribution in [0.4, 0.5) is 5.00 Å². The second-order valence-corrected chi connectivity index (χ2v) is 9.11. The van der Waals surface area contributed by atoms with Crippen molar-refractivity contribution >= 4 is 28.2 Å². The largest absolute Gasteiger partial charge is 0.365 e. The molecule has 24 heavy (non-hydrogen) atoms. The second kappa shape index (κ2) is 7.26. The Labute approximate surface area is 149 Å². The molecule has 0 fully saturated rings. The Morgan fingerprint density at radius 2 is 2.04 bits per heavy atom. The minimum atomic E-state index is -0.430. The summed E-state index contributed by atoms with van der Waals surface area (Å²) in [4.78, 5) is 25.3. The number of thiophene rings is 1. The van der Waals surface area contributed by atoms with Gasteiger partial charge in [-0.25, -0.2) is 0 Å². The van der Waals surface area contributed by atoms with E-state index >= 15 is 0 Å². The van der Waals surface area contributed by atoms with Crippen LogP contribution in [0.1, 0.15) is 74.7 Å². The number of hydrogen-bond acceptors (Lipinski definition) is 3. The van der Waals surface area contributed by atoms with E-state index in [1.807, 2.05) is 13.8 Å². The fraction of sp³-hybridized carbons (Fsp3) is 0.684. The molecule has 5 heteroatoms. The highest BCUT2D eigenvalue weighted by molar-refractivity contribution is 7.17. The predicted molar refractivity (Wildman–Crippen MR) is 101 cm³/mol. The number of amides is 2. The highest BCUT2D eigenvalue weighted by Gasteiger charge is 2.34. The predicted octanol–water partition coefficient (Wildman–Crippen LogP) is 4.37. The van der Waals surface area contributed by atoms with Gasteiger partial charge in [-0.2, -0.15) is 0 Å². The summed E-state index contributed by atoms with van der Waals surface area (Å²) in [5.41, 5.74) is 7.52. The molecule has 1 aromatic rings. The Hall–Kier alpha value is -1.36. The van der Waals surface area contributed by atoms with Crippen LogP contribution in [0.2, 0.25) is 0 Å². The molecular weight excluding hydrogens is 320 g/mol. The summed E-state index contributed by atoms with van der Waals surface area (Å²) in [6.07, 6.45) is 4.51. The Bertz CT molecular complexity index is 632. The average molecular weight is 351 g/mol. The van der Waals surface area contributed by atoms with Crippen LogP contribution in [0.3, 0.4) is 0 Å². The summed E-state index contributed by atoms with van der Waals surface area (Å²) in [5.74, 6) is 0.414. The zero-order valence-electron chi connectivity index (χ0n) is 15.5. The van der Waals surface area contributed by atoms with E-state index < -0.39 is 5.91 Å². The first-order valence-electron chi connectivity index (χ1n) is 8.89. The van der Waals surface area contributed by atoms with Gasteiger partial charge in [-0.15, -0.1) is 11.3 Å². The third-order valence-electron chi connectivity index (χ3n) is 5.37. The number of carbonyl (C=O) groups is 2. The van der Waals surface area contributed by atoms with Crippen molar-refractivity contribution in [1.82, 2.24) is 0 Å². The maximum atomic E-state index is 12.1. The fourth-order valence-corrected chi connectivity index (χ4v) is 4.79. The van der Waals surface area contributed by atoms with Gasteiger partial charge < -0.3 is 11.1 Å². The van der Waals surface area contributed by atoms with E-state index in [2.05, 4.69) is 26.1 Å². The first kappa shape index (κ1) is 19.0. The van der Waals surface area contributed by atoms with E-state index in [-0.39, 0.29) is 17.2 Å². The smallest absolute Gasteiger partial charge is 0.251 e. The lowest BCUT2D eigenvalue weighted by Gasteiger charge is -2.36. The van der Waals surface area contributed by atoms with Crippen LogP contribution < -0.4 is 11.1 Å². The normalized spacial score (nSPS) is 17.7. The van der Waals surface area contributed by atoms with Gasteiger partial charge in [-0.1, -0.05) is 41.0 Å². The van der Waals surface area contributed by atoms with E-state index in [0.29, 0.717) is 22.9 Å². The molecule has 3 N–H and O–H groups in total. The maximum Gasteiger partial charge on any atom is 0.251 e. The van der Waals surface area contributed by atoms with Gasteiger partial charge in [-0.05, 0) is 42.1 Å². The van der Waals surface area contributed by atoms with Crippen molar-refractivity contribution < 1.29 is 9.59 Å². The van der Waals surface area contributed by atoms with Gasteiger partial charge in [0.1, 0.15) is 5.00 Å². The van der Waals surface area contributed by atoms with Crippen molar-refractivity contribution in [2.24, 2.45) is 23.0 Å². The monoisotopic (exact) mass is 350 g/mol. The van der Waals surface area contributed by atoms with Crippen LogP contribution in [0.15, 0.2) is 0 Å². The number of nitrogens with one attached hydrogen (secondary N) is 1. The molecule has 1 aliphatic rings. The molecule has 1 atom stereocenters. The van der Waals surface area contributed by atoms with Crippen LogP contribution in [-0.2, 0) is 17.6 Å². The molecule has 0 saturated carbocycles. The van der Waals surface area contributed by atoms with Gasteiger partial charge in [-0.3, -0.25) is 9.59 Å². The number of rotatable bonds is 6. The molecule has 0 saturated heterocycles. The van der Waals surface area contributed by atoms with E-state index in [1.165, 1.54) is 4.88 Å². The van der Waals surface area contributed by atoms with Crippen molar-refractivity contribution in [3.8, 4) is 0 Å². The molecule has 0 bridgehead atoms. The van der Waals surface area contributed by atoms with Crippen LogP contribution in [0, 0.1) is 17.3 Å². The zero-order valence-corrected chi connectivity index (χ0v) is 16.3. The molecule has 1 aliphatic carbocycles. The highest BCUT2D eigenvalue weighted by Crippen LogP contribution is 2.45. The van der Waals surface area contributed by atoms with Crippen LogP contribution >= 0.6 is 11.3 Å². The molecule has 1 heterocycles. The van der Waals surface area contributed by atoms with Gasteiger partial charge in [0.05, 0.1) is 5.56 Å². The van der Waals surface area contributed by atoms with Crippen molar-refractivity contribution in [2.75, 3.05) is 5.32 Å². The lowest BCUT2D eigenvalue weighted by atomic mass is 9.69. The van der Waals surface area contributed by atoms with Crippen molar-refractivity contribution in [1.29, 1.82) is 0 Å². The molecule has 0 aliphatic heterocycles. The molecule has 0 radical (unpaired) electrons. The Morgan fingerprint density at radius 1 is 1.38 bits per heavy atom. The molecule has 1 aromatic heterocycles. The molecule has 0 aromatic carbocycles. The third-order valence-corrected chi connectivity index (χ3v) is 6.54. The summed E-state index contributed by atoms with van der Waals surface area (Å²) >= 11 is 1.54. The number of anilines is 1. The SMILES string of the molecule is CCC(C)(C)C1CCc2c(sc(NC(=O)CC(C)C)c2C(N)=O)C1. The first-order valence-corrected chi connectivity index (χ1v) is 9.71. The summed E-state index contributed by atoms with van der Waals surface area (Å²) in [5, 5.41) is 3.57. The maximum absolute atomic E-state index is 12.1. The molecular formula is C19H30N2O2S. The summed E-state index contributed by atoms with van der Waals surface area (Å²) in [6, 6.07) is 0. The Balaban J connectivity index is 2.29. The zero-order chi connectivity index (χ0) is 18.1. The Kier molecular flexibility index (Phi) is 5.74. The molecule has 2 rings (SSSR count). The van der Waals surface area contributed by atoms with Crippen LogP contribution in [-0.4, -0.2) is 11.8 Å². The molecule has 2 amide bonds. The number of primary amides is 1. The van der Waals surface area contributed by atoms with Gasteiger partial charge in [0, 0.05) is 11.3 Å². The summed E-state index contributed by atoms with van der Waals surface area (Å²) in [7, 11) is 0. The summed E-state index contributed by atoms with van der Waals surface area (Å²) < 4.78 is 0. The van der Waals surface area contributed by atoms with Gasteiger partial charge in [0.25, 0.3) is 5.91 Å².